The third-order valence-corrected chi connectivity index (χ3v) is 5.11. The van der Waals surface area contributed by atoms with Crippen molar-refractivity contribution in [2.24, 2.45) is 0 Å². The lowest BCUT2D eigenvalue weighted by Gasteiger charge is -2.10. The molecule has 138 valence electrons. The van der Waals surface area contributed by atoms with Crippen LogP contribution in [0.1, 0.15) is 37.5 Å². The summed E-state index contributed by atoms with van der Waals surface area (Å²) in [7, 11) is 0. The molecule has 0 amide bonds. The van der Waals surface area contributed by atoms with Crippen LogP contribution in [0.3, 0.4) is 0 Å². The van der Waals surface area contributed by atoms with E-state index in [0.29, 0.717) is 11.1 Å². The molecule has 0 saturated heterocycles. The van der Waals surface area contributed by atoms with Gasteiger partial charge in [-0.05, 0) is 19.9 Å². The molecule has 0 aliphatic heterocycles. The van der Waals surface area contributed by atoms with Crippen LogP contribution in [0.25, 0.3) is 0 Å². The van der Waals surface area contributed by atoms with Gasteiger partial charge in [-0.25, -0.2) is 4.79 Å². The Morgan fingerprint density at radius 2 is 1.67 bits per heavy atom. The number of carbonyl (C=O) groups excluding carboxylic acids is 2. The number of carbonyl (C=O) groups is 2. The van der Waals surface area contributed by atoms with Crippen LogP contribution in [0, 0.1) is 13.8 Å². The molecule has 0 unspecified atom stereocenters. The molecule has 1 heterocycles. The van der Waals surface area contributed by atoms with Crippen LogP contribution in [0.5, 0.6) is 0 Å². The molecular weight excluding hydrogens is 362 g/mol. The average Bonchev–Trinajstić information content (AvgIpc) is 3.00. The second-order valence-electron chi connectivity index (χ2n) is 6.17. The fourth-order valence-electron chi connectivity index (χ4n) is 2.70. The summed E-state index contributed by atoms with van der Waals surface area (Å²) in [5, 5.41) is 1.76. The van der Waals surface area contributed by atoms with Crippen molar-refractivity contribution in [2.45, 2.75) is 20.4 Å². The molecule has 0 N–H and O–H groups in total. The van der Waals surface area contributed by atoms with Gasteiger partial charge in [0.05, 0.1) is 12.1 Å². The van der Waals surface area contributed by atoms with Gasteiger partial charge in [-0.15, -0.1) is 0 Å². The van der Waals surface area contributed by atoms with Crippen LogP contribution < -0.4 is 4.87 Å². The number of benzene rings is 2. The molecule has 0 aliphatic carbocycles. The van der Waals surface area contributed by atoms with Crippen molar-refractivity contribution < 1.29 is 14.3 Å². The highest BCUT2D eigenvalue weighted by Crippen LogP contribution is 2.16. The number of nitrogens with zero attached hydrogens (tertiary/aromatic N) is 1. The van der Waals surface area contributed by atoms with Crippen LogP contribution in [0.4, 0.5) is 0 Å². The van der Waals surface area contributed by atoms with E-state index >= 15 is 0 Å². The number of ether oxygens (including phenoxy) is 1. The fraction of sp³-hybridized carbons (Fsp3) is 0.190. The highest BCUT2D eigenvalue weighted by Gasteiger charge is 2.19. The Hall–Kier alpha value is -2.99. The van der Waals surface area contributed by atoms with Gasteiger partial charge in [-0.3, -0.25) is 14.2 Å². The Morgan fingerprint density at radius 1 is 1.00 bits per heavy atom. The van der Waals surface area contributed by atoms with Crippen LogP contribution in [-0.4, -0.2) is 22.9 Å². The molecule has 3 aromatic rings. The van der Waals surface area contributed by atoms with Crippen LogP contribution in [0.15, 0.2) is 58.7 Å². The van der Waals surface area contributed by atoms with E-state index in [9.17, 15) is 14.4 Å². The largest absolute Gasteiger partial charge is 0.460 e. The molecule has 0 spiro atoms. The van der Waals surface area contributed by atoms with Crippen molar-refractivity contribution >= 4 is 23.1 Å². The maximum Gasteiger partial charge on any atom is 0.338 e. The number of hydrogen-bond donors (Lipinski definition) is 0. The van der Waals surface area contributed by atoms with E-state index < -0.39 is 5.97 Å². The molecule has 1 aromatic heterocycles. The lowest BCUT2D eigenvalue weighted by Crippen LogP contribution is -2.20. The fourth-order valence-corrected chi connectivity index (χ4v) is 3.46. The van der Waals surface area contributed by atoms with Gasteiger partial charge in [0.1, 0.15) is 6.61 Å². The summed E-state index contributed by atoms with van der Waals surface area (Å²) >= 11 is 1.11. The van der Waals surface area contributed by atoms with E-state index in [0.717, 1.165) is 22.6 Å². The molecule has 6 heteroatoms. The maximum atomic E-state index is 12.8. The van der Waals surface area contributed by atoms with Crippen molar-refractivity contribution in [1.82, 2.24) is 4.57 Å². The Balaban J connectivity index is 1.75. The van der Waals surface area contributed by atoms with Gasteiger partial charge in [0.25, 0.3) is 0 Å². The highest BCUT2D eigenvalue weighted by atomic mass is 32.1. The number of esters is 1. The molecule has 0 saturated carbocycles. The molecule has 2 aromatic carbocycles. The summed E-state index contributed by atoms with van der Waals surface area (Å²) in [4.78, 5) is 36.9. The Kier molecular flexibility index (Phi) is 5.66. The Labute approximate surface area is 160 Å². The van der Waals surface area contributed by atoms with Crippen molar-refractivity contribution in [3.8, 4) is 0 Å². The summed E-state index contributed by atoms with van der Waals surface area (Å²) in [5.41, 5.74) is 2.92. The summed E-state index contributed by atoms with van der Waals surface area (Å²) in [5.74, 6) is -0.806. The van der Waals surface area contributed by atoms with Gasteiger partial charge in [0, 0.05) is 22.2 Å². The minimum absolute atomic E-state index is 0.0589. The van der Waals surface area contributed by atoms with E-state index in [-0.39, 0.29) is 29.4 Å². The first-order chi connectivity index (χ1) is 13.0. The smallest absolute Gasteiger partial charge is 0.338 e. The normalized spacial score (nSPS) is 10.6. The number of ketones is 1. The highest BCUT2D eigenvalue weighted by molar-refractivity contribution is 7.07. The second kappa shape index (κ2) is 8.14. The summed E-state index contributed by atoms with van der Waals surface area (Å²) in [6, 6.07) is 13.8. The van der Waals surface area contributed by atoms with Crippen molar-refractivity contribution in [1.29, 1.82) is 0 Å². The molecule has 3 rings (SSSR count). The lowest BCUT2D eigenvalue weighted by molar-refractivity contribution is 0.0487. The van der Waals surface area contributed by atoms with E-state index in [2.05, 4.69) is 0 Å². The van der Waals surface area contributed by atoms with E-state index in [4.69, 9.17) is 4.74 Å². The standard InChI is InChI=1S/C21H19NO4S/c1-14-7-9-16(10-8-14)19(23)17-5-3-4-6-18(17)20(24)26-12-11-22-15(2)13-27-21(22)25/h3-10,13H,11-12H2,1-2H3. The predicted octanol–water partition coefficient (Wildman–Crippen LogP) is 3.61. The first-order valence-electron chi connectivity index (χ1n) is 8.50. The molecular formula is C21H19NO4S. The SMILES string of the molecule is Cc1ccc(C(=O)c2ccccc2C(=O)OCCn2c(C)csc2=O)cc1. The number of hydrogen-bond acceptors (Lipinski definition) is 5. The van der Waals surface area contributed by atoms with Crippen molar-refractivity contribution in [2.75, 3.05) is 6.61 Å². The summed E-state index contributed by atoms with van der Waals surface area (Å²) in [6.07, 6.45) is 0. The molecule has 0 radical (unpaired) electrons. The van der Waals surface area contributed by atoms with Crippen LogP contribution in [-0.2, 0) is 11.3 Å². The molecule has 0 bridgehead atoms. The minimum atomic E-state index is -0.577. The topological polar surface area (TPSA) is 65.4 Å². The number of aryl methyl sites for hydroxylation is 2. The van der Waals surface area contributed by atoms with Crippen molar-refractivity contribution in [3.63, 3.8) is 0 Å². The van der Waals surface area contributed by atoms with Crippen LogP contribution >= 0.6 is 11.3 Å². The minimum Gasteiger partial charge on any atom is -0.460 e. The first kappa shape index (κ1) is 18.8. The van der Waals surface area contributed by atoms with E-state index in [1.165, 1.54) is 0 Å². The average molecular weight is 381 g/mol. The Morgan fingerprint density at radius 3 is 2.30 bits per heavy atom. The predicted molar refractivity (Wildman–Crippen MR) is 105 cm³/mol. The Bertz CT molecular complexity index is 1030. The number of aromatic nitrogens is 1. The first-order valence-corrected chi connectivity index (χ1v) is 9.38. The molecule has 5 nitrogen and oxygen atoms in total. The second-order valence-corrected chi connectivity index (χ2v) is 6.99. The third kappa shape index (κ3) is 4.23. The maximum absolute atomic E-state index is 12.8. The monoisotopic (exact) mass is 381 g/mol. The van der Waals surface area contributed by atoms with Gasteiger partial charge in [-0.2, -0.15) is 0 Å². The van der Waals surface area contributed by atoms with Gasteiger partial charge >= 0.3 is 10.8 Å². The quantitative estimate of drug-likeness (QED) is 0.483. The molecule has 27 heavy (non-hydrogen) atoms. The zero-order valence-corrected chi connectivity index (χ0v) is 15.9. The zero-order chi connectivity index (χ0) is 19.4. The van der Waals surface area contributed by atoms with Crippen LogP contribution in [0.2, 0.25) is 0 Å². The summed E-state index contributed by atoms with van der Waals surface area (Å²) in [6.45, 7) is 4.12. The summed E-state index contributed by atoms with van der Waals surface area (Å²) < 4.78 is 6.87. The van der Waals surface area contributed by atoms with Gasteiger partial charge < -0.3 is 4.74 Å². The number of thiazole rings is 1. The molecule has 0 atom stereocenters. The molecule has 0 fully saturated rings. The molecule has 0 aliphatic rings. The van der Waals surface area contributed by atoms with E-state index in [1.807, 2.05) is 26.0 Å². The van der Waals surface area contributed by atoms with Gasteiger partial charge in [0.15, 0.2) is 5.78 Å². The van der Waals surface area contributed by atoms with E-state index in [1.54, 1.807) is 46.3 Å². The third-order valence-electron chi connectivity index (χ3n) is 4.23. The van der Waals surface area contributed by atoms with Gasteiger partial charge in [0.2, 0.25) is 0 Å². The zero-order valence-electron chi connectivity index (χ0n) is 15.1. The number of rotatable bonds is 6. The van der Waals surface area contributed by atoms with Gasteiger partial charge in [-0.1, -0.05) is 59.4 Å². The lowest BCUT2D eigenvalue weighted by atomic mass is 9.98. The van der Waals surface area contributed by atoms with Crippen molar-refractivity contribution in [3.05, 3.63) is 91.5 Å².